The van der Waals surface area contributed by atoms with Crippen LogP contribution < -0.4 is 5.73 Å². The molecule has 2 aromatic carbocycles. The van der Waals surface area contributed by atoms with Gasteiger partial charge in [0.2, 0.25) is 0 Å². The first-order valence-electron chi connectivity index (χ1n) is 5.59. The lowest BCUT2D eigenvalue weighted by Gasteiger charge is -1.99. The number of hydrogen-bond acceptors (Lipinski definition) is 2. The van der Waals surface area contributed by atoms with Crippen molar-refractivity contribution in [1.82, 2.24) is 0 Å². The van der Waals surface area contributed by atoms with Gasteiger partial charge in [0, 0.05) is 11.3 Å². The van der Waals surface area contributed by atoms with Gasteiger partial charge in [0.05, 0.1) is 10.0 Å². The number of rotatable bonds is 3. The van der Waals surface area contributed by atoms with E-state index in [0.717, 1.165) is 5.56 Å². The number of nitrogens with two attached hydrogens (primary N) is 1. The highest BCUT2D eigenvalue weighted by molar-refractivity contribution is 6.42. The first-order chi connectivity index (χ1) is 9.06. The van der Waals surface area contributed by atoms with Crippen molar-refractivity contribution in [3.63, 3.8) is 0 Å². The van der Waals surface area contributed by atoms with Crippen molar-refractivity contribution in [3.05, 3.63) is 69.7 Å². The summed E-state index contributed by atoms with van der Waals surface area (Å²) in [6.07, 6.45) is 3.17. The van der Waals surface area contributed by atoms with E-state index in [1.165, 1.54) is 6.08 Å². The van der Waals surface area contributed by atoms with Crippen LogP contribution >= 0.6 is 23.2 Å². The lowest BCUT2D eigenvalue weighted by Crippen LogP contribution is -1.95. The minimum atomic E-state index is -0.113. The van der Waals surface area contributed by atoms with Crippen LogP contribution in [0.2, 0.25) is 10.0 Å². The molecule has 0 unspecified atom stereocenters. The predicted octanol–water partition coefficient (Wildman–Crippen LogP) is 4.47. The Bertz CT molecular complexity index is 650. The Morgan fingerprint density at radius 3 is 2.53 bits per heavy atom. The van der Waals surface area contributed by atoms with Crippen molar-refractivity contribution in [2.45, 2.75) is 0 Å². The molecule has 4 heteroatoms. The Morgan fingerprint density at radius 2 is 1.84 bits per heavy atom. The van der Waals surface area contributed by atoms with E-state index in [1.54, 1.807) is 48.5 Å². The maximum Gasteiger partial charge on any atom is 0.185 e. The van der Waals surface area contributed by atoms with E-state index in [4.69, 9.17) is 28.9 Å². The molecule has 0 saturated carbocycles. The van der Waals surface area contributed by atoms with Gasteiger partial charge in [-0.3, -0.25) is 4.79 Å². The van der Waals surface area contributed by atoms with Gasteiger partial charge >= 0.3 is 0 Å². The first kappa shape index (κ1) is 13.7. The Balaban J connectivity index is 2.18. The standard InChI is InChI=1S/C15H11Cl2NO/c16-13-6-4-10(8-14(13)17)5-7-15(19)11-2-1-3-12(18)9-11/h1-9H,18H2. The fourth-order valence-corrected chi connectivity index (χ4v) is 1.88. The molecule has 0 aliphatic carbocycles. The van der Waals surface area contributed by atoms with E-state index >= 15 is 0 Å². The van der Waals surface area contributed by atoms with Crippen molar-refractivity contribution < 1.29 is 4.79 Å². The second-order valence-corrected chi connectivity index (χ2v) is 4.81. The van der Waals surface area contributed by atoms with E-state index in [-0.39, 0.29) is 5.78 Å². The zero-order valence-electron chi connectivity index (χ0n) is 9.94. The van der Waals surface area contributed by atoms with Gasteiger partial charge in [0.25, 0.3) is 0 Å². The fraction of sp³-hybridized carbons (Fsp3) is 0. The van der Waals surface area contributed by atoms with Crippen LogP contribution in [0.3, 0.4) is 0 Å². The number of anilines is 1. The number of carbonyl (C=O) groups is 1. The molecule has 0 heterocycles. The monoisotopic (exact) mass is 291 g/mol. The van der Waals surface area contributed by atoms with Crippen molar-refractivity contribution in [2.75, 3.05) is 5.73 Å². The van der Waals surface area contributed by atoms with Crippen molar-refractivity contribution >= 4 is 40.7 Å². The summed E-state index contributed by atoms with van der Waals surface area (Å²) in [4.78, 5) is 11.9. The van der Waals surface area contributed by atoms with Crippen molar-refractivity contribution in [1.29, 1.82) is 0 Å². The molecule has 96 valence electrons. The highest BCUT2D eigenvalue weighted by Gasteiger charge is 2.02. The molecule has 0 spiro atoms. The highest BCUT2D eigenvalue weighted by atomic mass is 35.5. The number of carbonyl (C=O) groups excluding carboxylic acids is 1. The zero-order chi connectivity index (χ0) is 13.8. The number of allylic oxidation sites excluding steroid dienone is 1. The Kier molecular flexibility index (Phi) is 4.25. The summed E-state index contributed by atoms with van der Waals surface area (Å²) in [6.45, 7) is 0. The van der Waals surface area contributed by atoms with Crippen molar-refractivity contribution in [3.8, 4) is 0 Å². The van der Waals surface area contributed by atoms with Gasteiger partial charge in [-0.1, -0.05) is 47.5 Å². The van der Waals surface area contributed by atoms with Crippen LogP contribution in [0.4, 0.5) is 5.69 Å². The van der Waals surface area contributed by atoms with Gasteiger partial charge in [-0.25, -0.2) is 0 Å². The van der Waals surface area contributed by atoms with Gasteiger partial charge in [0.1, 0.15) is 0 Å². The Labute approximate surface area is 121 Å². The second kappa shape index (κ2) is 5.91. The summed E-state index contributed by atoms with van der Waals surface area (Å²) in [5.74, 6) is -0.113. The van der Waals surface area contributed by atoms with Gasteiger partial charge in [0.15, 0.2) is 5.78 Å². The van der Waals surface area contributed by atoms with Gasteiger partial charge in [-0.2, -0.15) is 0 Å². The molecule has 0 saturated heterocycles. The van der Waals surface area contributed by atoms with Crippen LogP contribution in [0.15, 0.2) is 48.5 Å². The quantitative estimate of drug-likeness (QED) is 0.515. The number of hydrogen-bond donors (Lipinski definition) is 1. The zero-order valence-corrected chi connectivity index (χ0v) is 11.4. The smallest absolute Gasteiger partial charge is 0.185 e. The highest BCUT2D eigenvalue weighted by Crippen LogP contribution is 2.23. The molecule has 2 N–H and O–H groups in total. The third-order valence-electron chi connectivity index (χ3n) is 2.54. The van der Waals surface area contributed by atoms with Crippen LogP contribution in [0.5, 0.6) is 0 Å². The van der Waals surface area contributed by atoms with E-state index in [9.17, 15) is 4.79 Å². The summed E-state index contributed by atoms with van der Waals surface area (Å²) in [7, 11) is 0. The molecular formula is C15H11Cl2NO. The molecule has 2 nitrogen and oxygen atoms in total. The lowest BCUT2D eigenvalue weighted by molar-refractivity contribution is 0.104. The van der Waals surface area contributed by atoms with E-state index in [0.29, 0.717) is 21.3 Å². The lowest BCUT2D eigenvalue weighted by atomic mass is 10.1. The summed E-state index contributed by atoms with van der Waals surface area (Å²) in [5.41, 5.74) is 7.56. The average molecular weight is 292 g/mol. The molecule has 19 heavy (non-hydrogen) atoms. The number of benzene rings is 2. The van der Waals surface area contributed by atoms with Gasteiger partial charge in [-0.05, 0) is 35.9 Å². The summed E-state index contributed by atoms with van der Waals surface area (Å²) in [6, 6.07) is 12.0. The van der Waals surface area contributed by atoms with E-state index in [1.807, 2.05) is 0 Å². The van der Waals surface area contributed by atoms with E-state index in [2.05, 4.69) is 0 Å². The molecule has 2 rings (SSSR count). The fourth-order valence-electron chi connectivity index (χ4n) is 1.58. The van der Waals surface area contributed by atoms with Crippen LogP contribution in [0.1, 0.15) is 15.9 Å². The Hall–Kier alpha value is -1.77. The SMILES string of the molecule is Nc1cccc(C(=O)C=Cc2ccc(Cl)c(Cl)c2)c1. The number of halogens is 2. The topological polar surface area (TPSA) is 43.1 Å². The molecule has 0 bridgehead atoms. The van der Waals surface area contributed by atoms with Crippen LogP contribution in [0.25, 0.3) is 6.08 Å². The van der Waals surface area contributed by atoms with Crippen LogP contribution in [0, 0.1) is 0 Å². The Morgan fingerprint density at radius 1 is 1.05 bits per heavy atom. The molecule has 0 aliphatic rings. The summed E-state index contributed by atoms with van der Waals surface area (Å²) >= 11 is 11.7. The molecule has 0 radical (unpaired) electrons. The molecule has 2 aromatic rings. The van der Waals surface area contributed by atoms with Gasteiger partial charge in [-0.15, -0.1) is 0 Å². The van der Waals surface area contributed by atoms with Crippen molar-refractivity contribution in [2.24, 2.45) is 0 Å². The second-order valence-electron chi connectivity index (χ2n) is 4.00. The number of ketones is 1. The van der Waals surface area contributed by atoms with Crippen LogP contribution in [-0.4, -0.2) is 5.78 Å². The minimum Gasteiger partial charge on any atom is -0.399 e. The minimum absolute atomic E-state index is 0.113. The van der Waals surface area contributed by atoms with Crippen LogP contribution in [-0.2, 0) is 0 Å². The maximum absolute atomic E-state index is 11.9. The normalized spacial score (nSPS) is 10.8. The molecule has 0 aliphatic heterocycles. The van der Waals surface area contributed by atoms with E-state index < -0.39 is 0 Å². The predicted molar refractivity (Wildman–Crippen MR) is 80.7 cm³/mol. The van der Waals surface area contributed by atoms with Gasteiger partial charge < -0.3 is 5.73 Å². The third kappa shape index (κ3) is 3.60. The molecular weight excluding hydrogens is 281 g/mol. The maximum atomic E-state index is 11.9. The first-order valence-corrected chi connectivity index (χ1v) is 6.35. The molecule has 0 atom stereocenters. The molecule has 0 aromatic heterocycles. The summed E-state index contributed by atoms with van der Waals surface area (Å²) < 4.78 is 0. The molecule has 0 fully saturated rings. The average Bonchev–Trinajstić information content (AvgIpc) is 2.40. The summed E-state index contributed by atoms with van der Waals surface area (Å²) in [5, 5.41) is 0.946. The largest absolute Gasteiger partial charge is 0.399 e. The number of nitrogen functional groups attached to an aromatic ring is 1. The molecule has 0 amide bonds. The third-order valence-corrected chi connectivity index (χ3v) is 3.28.